The smallest absolute Gasteiger partial charge is 0.0962 e. The highest BCUT2D eigenvalue weighted by Crippen LogP contribution is 2.21. The van der Waals surface area contributed by atoms with Crippen molar-refractivity contribution in [1.82, 2.24) is 19.9 Å². The van der Waals surface area contributed by atoms with Crippen LogP contribution < -0.4 is 5.73 Å². The molecule has 1 aliphatic carbocycles. The monoisotopic (exact) mass is 223 g/mol. The van der Waals surface area contributed by atoms with Gasteiger partial charge in [-0.1, -0.05) is 18.1 Å². The number of likely N-dealkylation sites (N-methyl/N-ethyl adjacent to an activating group) is 1. The van der Waals surface area contributed by atoms with Crippen LogP contribution in [0.25, 0.3) is 0 Å². The molecule has 5 heteroatoms. The third-order valence-electron chi connectivity index (χ3n) is 3.43. The van der Waals surface area contributed by atoms with Crippen molar-refractivity contribution < 1.29 is 0 Å². The first-order valence-electron chi connectivity index (χ1n) is 6.09. The van der Waals surface area contributed by atoms with Gasteiger partial charge in [-0.2, -0.15) is 0 Å². The summed E-state index contributed by atoms with van der Waals surface area (Å²) in [6, 6.07) is 0.775. The fraction of sp³-hybridized carbons (Fsp3) is 0.818. The molecule has 2 N–H and O–H groups in total. The van der Waals surface area contributed by atoms with E-state index in [1.165, 1.54) is 25.7 Å². The van der Waals surface area contributed by atoms with E-state index in [9.17, 15) is 0 Å². The van der Waals surface area contributed by atoms with Gasteiger partial charge in [-0.25, -0.2) is 0 Å². The molecule has 0 aliphatic heterocycles. The molecule has 1 aromatic heterocycles. The molecule has 0 bridgehead atoms. The lowest BCUT2D eigenvalue weighted by Crippen LogP contribution is -2.32. The molecule has 16 heavy (non-hydrogen) atoms. The van der Waals surface area contributed by atoms with Crippen molar-refractivity contribution in [3.63, 3.8) is 0 Å². The minimum Gasteiger partial charge on any atom is -0.325 e. The van der Waals surface area contributed by atoms with Crippen LogP contribution in [0, 0.1) is 0 Å². The Hall–Kier alpha value is -0.940. The van der Waals surface area contributed by atoms with Crippen LogP contribution in [0.1, 0.15) is 31.4 Å². The van der Waals surface area contributed by atoms with Crippen molar-refractivity contribution in [2.24, 2.45) is 5.73 Å². The van der Waals surface area contributed by atoms with Gasteiger partial charge in [-0.3, -0.25) is 4.68 Å². The van der Waals surface area contributed by atoms with Crippen LogP contribution in [-0.4, -0.2) is 39.5 Å². The number of nitrogens with two attached hydrogens (primary N) is 1. The molecular weight excluding hydrogens is 202 g/mol. The lowest BCUT2D eigenvalue weighted by Gasteiger charge is -2.23. The van der Waals surface area contributed by atoms with Gasteiger partial charge in [-0.05, 0) is 19.9 Å². The second-order valence-electron chi connectivity index (χ2n) is 4.60. The van der Waals surface area contributed by atoms with Gasteiger partial charge in [0.15, 0.2) is 0 Å². The van der Waals surface area contributed by atoms with Crippen molar-refractivity contribution in [2.75, 3.05) is 13.6 Å². The SMILES string of the molecule is CN(CCn1cc(CN)nn1)C1CCCC1. The molecule has 2 rings (SSSR count). The zero-order chi connectivity index (χ0) is 11.4. The van der Waals surface area contributed by atoms with E-state index in [2.05, 4.69) is 22.3 Å². The van der Waals surface area contributed by atoms with Crippen molar-refractivity contribution in [3.05, 3.63) is 11.9 Å². The summed E-state index contributed by atoms with van der Waals surface area (Å²) in [5.74, 6) is 0. The summed E-state index contributed by atoms with van der Waals surface area (Å²) in [4.78, 5) is 2.44. The summed E-state index contributed by atoms with van der Waals surface area (Å²) in [5, 5.41) is 8.03. The van der Waals surface area contributed by atoms with Crippen LogP contribution in [-0.2, 0) is 13.1 Å². The first kappa shape index (κ1) is 11.5. The zero-order valence-electron chi connectivity index (χ0n) is 9.97. The van der Waals surface area contributed by atoms with Crippen LogP contribution in [0.3, 0.4) is 0 Å². The maximum absolute atomic E-state index is 5.49. The van der Waals surface area contributed by atoms with Gasteiger partial charge in [0.05, 0.1) is 12.2 Å². The van der Waals surface area contributed by atoms with Crippen molar-refractivity contribution >= 4 is 0 Å². The van der Waals surface area contributed by atoms with Gasteiger partial charge in [-0.15, -0.1) is 5.10 Å². The molecule has 0 aromatic carbocycles. The van der Waals surface area contributed by atoms with Crippen molar-refractivity contribution in [2.45, 2.75) is 44.8 Å². The summed E-state index contributed by atoms with van der Waals surface area (Å²) >= 11 is 0. The van der Waals surface area contributed by atoms with E-state index in [0.29, 0.717) is 6.54 Å². The average molecular weight is 223 g/mol. The highest BCUT2D eigenvalue weighted by atomic mass is 15.4. The molecule has 0 amide bonds. The zero-order valence-corrected chi connectivity index (χ0v) is 9.97. The summed E-state index contributed by atoms with van der Waals surface area (Å²) in [7, 11) is 2.21. The third-order valence-corrected chi connectivity index (χ3v) is 3.43. The highest BCUT2D eigenvalue weighted by molar-refractivity contribution is 4.90. The second-order valence-corrected chi connectivity index (χ2v) is 4.60. The molecule has 0 saturated heterocycles. The molecule has 1 fully saturated rings. The highest BCUT2D eigenvalue weighted by Gasteiger charge is 2.18. The third kappa shape index (κ3) is 2.80. The Morgan fingerprint density at radius 3 is 2.88 bits per heavy atom. The molecule has 1 aliphatic rings. The molecule has 0 atom stereocenters. The van der Waals surface area contributed by atoms with E-state index >= 15 is 0 Å². The number of rotatable bonds is 5. The number of aromatic nitrogens is 3. The molecule has 0 unspecified atom stereocenters. The maximum atomic E-state index is 5.49. The Morgan fingerprint density at radius 1 is 1.50 bits per heavy atom. The molecule has 1 saturated carbocycles. The second kappa shape index (κ2) is 5.41. The van der Waals surface area contributed by atoms with E-state index in [-0.39, 0.29) is 0 Å². The fourth-order valence-electron chi connectivity index (χ4n) is 2.33. The quantitative estimate of drug-likeness (QED) is 0.794. The fourth-order valence-corrected chi connectivity index (χ4v) is 2.33. The van der Waals surface area contributed by atoms with Crippen LogP contribution in [0.15, 0.2) is 6.20 Å². The average Bonchev–Trinajstić information content (AvgIpc) is 2.96. The summed E-state index contributed by atoms with van der Waals surface area (Å²) in [5.41, 5.74) is 6.36. The summed E-state index contributed by atoms with van der Waals surface area (Å²) in [6.07, 6.45) is 7.40. The number of nitrogens with zero attached hydrogens (tertiary/aromatic N) is 4. The van der Waals surface area contributed by atoms with Crippen LogP contribution in [0.2, 0.25) is 0 Å². The van der Waals surface area contributed by atoms with Crippen molar-refractivity contribution in [1.29, 1.82) is 0 Å². The summed E-state index contributed by atoms with van der Waals surface area (Å²) < 4.78 is 1.88. The van der Waals surface area contributed by atoms with Crippen LogP contribution in [0.5, 0.6) is 0 Å². The van der Waals surface area contributed by atoms with Gasteiger partial charge in [0, 0.05) is 25.3 Å². The summed E-state index contributed by atoms with van der Waals surface area (Å²) in [6.45, 7) is 2.41. The number of hydrogen-bond donors (Lipinski definition) is 1. The first-order valence-corrected chi connectivity index (χ1v) is 6.09. The minimum atomic E-state index is 0.471. The lowest BCUT2D eigenvalue weighted by molar-refractivity contribution is 0.232. The molecule has 5 nitrogen and oxygen atoms in total. The standard InChI is InChI=1S/C11H21N5/c1-15(11-4-2-3-5-11)6-7-16-9-10(8-12)13-14-16/h9,11H,2-8,12H2,1H3. The van der Waals surface area contributed by atoms with Gasteiger partial charge in [0.25, 0.3) is 0 Å². The van der Waals surface area contributed by atoms with Crippen LogP contribution in [0.4, 0.5) is 0 Å². The van der Waals surface area contributed by atoms with E-state index in [0.717, 1.165) is 24.8 Å². The maximum Gasteiger partial charge on any atom is 0.0962 e. The number of hydrogen-bond acceptors (Lipinski definition) is 4. The minimum absolute atomic E-state index is 0.471. The van der Waals surface area contributed by atoms with E-state index in [4.69, 9.17) is 5.73 Å². The van der Waals surface area contributed by atoms with Gasteiger partial charge >= 0.3 is 0 Å². The predicted octanol–water partition coefficient (Wildman–Crippen LogP) is 0.611. The Bertz CT molecular complexity index is 316. The molecule has 1 heterocycles. The Labute approximate surface area is 96.6 Å². The normalized spacial score (nSPS) is 17.4. The lowest BCUT2D eigenvalue weighted by atomic mass is 10.2. The Balaban J connectivity index is 1.77. The van der Waals surface area contributed by atoms with Gasteiger partial charge in [0.1, 0.15) is 0 Å². The molecule has 1 aromatic rings. The topological polar surface area (TPSA) is 60.0 Å². The van der Waals surface area contributed by atoms with Gasteiger partial charge < -0.3 is 10.6 Å². The first-order chi connectivity index (χ1) is 7.79. The predicted molar refractivity (Wildman–Crippen MR) is 62.8 cm³/mol. The van der Waals surface area contributed by atoms with E-state index < -0.39 is 0 Å². The molecule has 0 radical (unpaired) electrons. The van der Waals surface area contributed by atoms with E-state index in [1.807, 2.05) is 10.9 Å². The van der Waals surface area contributed by atoms with Crippen LogP contribution >= 0.6 is 0 Å². The molecular formula is C11H21N5. The molecule has 90 valence electrons. The van der Waals surface area contributed by atoms with Gasteiger partial charge in [0.2, 0.25) is 0 Å². The molecule has 0 spiro atoms. The Kier molecular flexibility index (Phi) is 3.90. The van der Waals surface area contributed by atoms with E-state index in [1.54, 1.807) is 0 Å². The van der Waals surface area contributed by atoms with Crippen molar-refractivity contribution in [3.8, 4) is 0 Å². The Morgan fingerprint density at radius 2 is 2.25 bits per heavy atom. The largest absolute Gasteiger partial charge is 0.325 e.